The SMILES string of the molecule is CC(CO)N(Cc1nc2ccccc2c(=O)n1-c1ccc(F)cc1)C1CCCC1. The van der Waals surface area contributed by atoms with Crippen molar-refractivity contribution in [2.24, 2.45) is 0 Å². The van der Waals surface area contributed by atoms with Crippen LogP contribution < -0.4 is 5.56 Å². The number of fused-ring (bicyclic) bond motifs is 1. The number of aromatic nitrogens is 2. The van der Waals surface area contributed by atoms with Gasteiger partial charge in [0.25, 0.3) is 5.56 Å². The molecule has 1 N–H and O–H groups in total. The van der Waals surface area contributed by atoms with Crippen LogP contribution in [0.4, 0.5) is 4.39 Å². The maximum atomic E-state index is 13.5. The molecule has 5 nitrogen and oxygen atoms in total. The van der Waals surface area contributed by atoms with Crippen molar-refractivity contribution < 1.29 is 9.50 Å². The van der Waals surface area contributed by atoms with Crippen LogP contribution in [-0.2, 0) is 6.54 Å². The van der Waals surface area contributed by atoms with Crippen LogP contribution in [0.1, 0.15) is 38.4 Å². The van der Waals surface area contributed by atoms with Gasteiger partial charge in [0.1, 0.15) is 11.6 Å². The first-order valence-corrected chi connectivity index (χ1v) is 10.2. The number of halogens is 1. The Bertz CT molecular complexity index is 1040. The predicted octanol–water partition coefficient (Wildman–Crippen LogP) is 3.65. The molecule has 3 aromatic rings. The molecule has 0 bridgehead atoms. The Hall–Kier alpha value is -2.57. The number of nitrogens with zero attached hydrogens (tertiary/aromatic N) is 3. The van der Waals surface area contributed by atoms with Crippen LogP contribution in [0.2, 0.25) is 0 Å². The zero-order valence-electron chi connectivity index (χ0n) is 16.6. The number of aliphatic hydroxyl groups is 1. The fourth-order valence-electron chi connectivity index (χ4n) is 4.29. The van der Waals surface area contributed by atoms with E-state index in [0.717, 1.165) is 12.8 Å². The van der Waals surface area contributed by atoms with E-state index >= 15 is 0 Å². The molecule has 2 aromatic carbocycles. The minimum atomic E-state index is -0.349. The van der Waals surface area contributed by atoms with E-state index in [-0.39, 0.29) is 24.0 Å². The molecule has 1 heterocycles. The molecule has 0 spiro atoms. The van der Waals surface area contributed by atoms with Gasteiger partial charge in [0, 0.05) is 12.1 Å². The normalized spacial score (nSPS) is 16.0. The number of benzene rings is 2. The van der Waals surface area contributed by atoms with Crippen molar-refractivity contribution in [3.05, 3.63) is 70.5 Å². The second kappa shape index (κ2) is 8.43. The van der Waals surface area contributed by atoms with Crippen molar-refractivity contribution in [2.75, 3.05) is 6.61 Å². The molecule has 0 saturated heterocycles. The van der Waals surface area contributed by atoms with Crippen LogP contribution in [-0.4, -0.2) is 38.2 Å². The Morgan fingerprint density at radius 3 is 2.55 bits per heavy atom. The minimum absolute atomic E-state index is 0.0388. The summed E-state index contributed by atoms with van der Waals surface area (Å²) in [5.74, 6) is 0.256. The Labute approximate surface area is 169 Å². The number of aliphatic hydroxyl groups excluding tert-OH is 1. The van der Waals surface area contributed by atoms with Crippen LogP contribution in [0.25, 0.3) is 16.6 Å². The number of rotatable bonds is 6. The largest absolute Gasteiger partial charge is 0.395 e. The first kappa shape index (κ1) is 19.7. The van der Waals surface area contributed by atoms with Gasteiger partial charge in [0.15, 0.2) is 0 Å². The van der Waals surface area contributed by atoms with Crippen molar-refractivity contribution in [1.82, 2.24) is 14.5 Å². The van der Waals surface area contributed by atoms with Gasteiger partial charge in [-0.3, -0.25) is 14.3 Å². The first-order chi connectivity index (χ1) is 14.1. The minimum Gasteiger partial charge on any atom is -0.395 e. The van der Waals surface area contributed by atoms with Crippen LogP contribution in [0.5, 0.6) is 0 Å². The molecule has 1 atom stereocenters. The van der Waals surface area contributed by atoms with Gasteiger partial charge in [0.2, 0.25) is 0 Å². The van der Waals surface area contributed by atoms with E-state index in [1.54, 1.807) is 22.8 Å². The molecule has 0 aliphatic heterocycles. The third kappa shape index (κ3) is 3.95. The van der Waals surface area contributed by atoms with E-state index in [0.29, 0.717) is 35.0 Å². The topological polar surface area (TPSA) is 58.4 Å². The number of hydrogen-bond acceptors (Lipinski definition) is 4. The van der Waals surface area contributed by atoms with Crippen molar-refractivity contribution >= 4 is 10.9 Å². The molecule has 6 heteroatoms. The molecule has 1 fully saturated rings. The molecule has 4 rings (SSSR count). The molecule has 1 aromatic heterocycles. The maximum absolute atomic E-state index is 13.5. The van der Waals surface area contributed by atoms with Crippen molar-refractivity contribution in [3.8, 4) is 5.69 Å². The predicted molar refractivity (Wildman–Crippen MR) is 112 cm³/mol. The lowest BCUT2D eigenvalue weighted by molar-refractivity contribution is 0.0843. The van der Waals surface area contributed by atoms with Crippen molar-refractivity contribution in [2.45, 2.75) is 51.2 Å². The smallest absolute Gasteiger partial charge is 0.266 e. The lowest BCUT2D eigenvalue weighted by atomic mass is 10.1. The summed E-state index contributed by atoms with van der Waals surface area (Å²) in [5, 5.41) is 10.3. The van der Waals surface area contributed by atoms with Gasteiger partial charge in [0.05, 0.1) is 29.7 Å². The summed E-state index contributed by atoms with van der Waals surface area (Å²) in [7, 11) is 0. The second-order valence-electron chi connectivity index (χ2n) is 7.80. The van der Waals surface area contributed by atoms with Gasteiger partial charge in [-0.05, 0) is 56.2 Å². The monoisotopic (exact) mass is 395 g/mol. The molecule has 1 unspecified atom stereocenters. The summed E-state index contributed by atoms with van der Waals surface area (Å²) >= 11 is 0. The lowest BCUT2D eigenvalue weighted by Gasteiger charge is -2.33. The third-order valence-electron chi connectivity index (χ3n) is 5.88. The van der Waals surface area contributed by atoms with E-state index in [9.17, 15) is 14.3 Å². The third-order valence-corrected chi connectivity index (χ3v) is 5.88. The van der Waals surface area contributed by atoms with Crippen LogP contribution in [0, 0.1) is 5.82 Å². The molecular formula is C23H26FN3O2. The molecular weight excluding hydrogens is 369 g/mol. The summed E-state index contributed by atoms with van der Waals surface area (Å²) < 4.78 is 15.1. The molecule has 1 aliphatic rings. The highest BCUT2D eigenvalue weighted by molar-refractivity contribution is 5.77. The quantitative estimate of drug-likeness (QED) is 0.692. The lowest BCUT2D eigenvalue weighted by Crippen LogP contribution is -2.43. The molecule has 1 saturated carbocycles. The fraction of sp³-hybridized carbons (Fsp3) is 0.391. The van der Waals surface area contributed by atoms with Crippen molar-refractivity contribution in [1.29, 1.82) is 0 Å². The summed E-state index contributed by atoms with van der Waals surface area (Å²) in [6.07, 6.45) is 4.52. The molecule has 152 valence electrons. The summed E-state index contributed by atoms with van der Waals surface area (Å²) in [6.45, 7) is 2.49. The Morgan fingerprint density at radius 2 is 1.86 bits per heavy atom. The Balaban J connectivity index is 1.86. The van der Waals surface area contributed by atoms with E-state index < -0.39 is 0 Å². The van der Waals surface area contributed by atoms with Crippen LogP contribution in [0.15, 0.2) is 53.3 Å². The standard InChI is InChI=1S/C23H26FN3O2/c1-16(15-28)26(18-6-2-3-7-18)14-22-25-21-9-5-4-8-20(21)23(29)27(22)19-12-10-17(24)11-13-19/h4-5,8-13,16,18,28H,2-3,6-7,14-15H2,1H3. The average Bonchev–Trinajstić information content (AvgIpc) is 3.27. The Kier molecular flexibility index (Phi) is 5.74. The Morgan fingerprint density at radius 1 is 1.17 bits per heavy atom. The second-order valence-corrected chi connectivity index (χ2v) is 7.80. The van der Waals surface area contributed by atoms with Gasteiger partial charge in [-0.15, -0.1) is 0 Å². The van der Waals surface area contributed by atoms with E-state index in [2.05, 4.69) is 4.90 Å². The van der Waals surface area contributed by atoms with Gasteiger partial charge in [-0.25, -0.2) is 9.37 Å². The van der Waals surface area contributed by atoms with Gasteiger partial charge >= 0.3 is 0 Å². The highest BCUT2D eigenvalue weighted by Crippen LogP contribution is 2.27. The molecule has 29 heavy (non-hydrogen) atoms. The zero-order chi connectivity index (χ0) is 20.4. The molecule has 1 aliphatic carbocycles. The van der Waals surface area contributed by atoms with Gasteiger partial charge in [-0.2, -0.15) is 0 Å². The first-order valence-electron chi connectivity index (χ1n) is 10.2. The highest BCUT2D eigenvalue weighted by atomic mass is 19.1. The van der Waals surface area contributed by atoms with Gasteiger partial charge < -0.3 is 5.11 Å². The highest BCUT2D eigenvalue weighted by Gasteiger charge is 2.28. The van der Waals surface area contributed by atoms with Crippen LogP contribution in [0.3, 0.4) is 0 Å². The van der Waals surface area contributed by atoms with Crippen LogP contribution >= 0.6 is 0 Å². The molecule has 0 amide bonds. The zero-order valence-corrected chi connectivity index (χ0v) is 16.6. The number of hydrogen-bond donors (Lipinski definition) is 1. The number of para-hydroxylation sites is 1. The average molecular weight is 395 g/mol. The fourth-order valence-corrected chi connectivity index (χ4v) is 4.29. The van der Waals surface area contributed by atoms with E-state index in [1.165, 1.54) is 25.0 Å². The van der Waals surface area contributed by atoms with Crippen molar-refractivity contribution in [3.63, 3.8) is 0 Å². The molecule has 0 radical (unpaired) electrons. The van der Waals surface area contributed by atoms with Gasteiger partial charge in [-0.1, -0.05) is 25.0 Å². The van der Waals surface area contributed by atoms with E-state index in [4.69, 9.17) is 4.98 Å². The van der Waals surface area contributed by atoms with E-state index in [1.807, 2.05) is 25.1 Å². The summed E-state index contributed by atoms with van der Waals surface area (Å²) in [5.41, 5.74) is 1.07. The summed E-state index contributed by atoms with van der Waals surface area (Å²) in [6, 6.07) is 13.5. The summed E-state index contributed by atoms with van der Waals surface area (Å²) in [4.78, 5) is 20.4. The maximum Gasteiger partial charge on any atom is 0.266 e.